The van der Waals surface area contributed by atoms with Crippen molar-refractivity contribution in [1.29, 1.82) is 0 Å². The molecular formula is C57H75N9O8S. The Hall–Kier alpha value is -6.63. The Morgan fingerprint density at radius 2 is 1.57 bits per heavy atom. The number of aryl methyl sites for hydroxylation is 1. The van der Waals surface area contributed by atoms with Crippen LogP contribution in [-0.2, 0) is 25.6 Å². The first-order valence-corrected chi connectivity index (χ1v) is 27.3. The van der Waals surface area contributed by atoms with Crippen LogP contribution in [0.5, 0.6) is 17.2 Å². The van der Waals surface area contributed by atoms with Crippen LogP contribution in [0.1, 0.15) is 108 Å². The molecule has 5 aromatic rings. The van der Waals surface area contributed by atoms with Crippen LogP contribution in [0, 0.1) is 12.3 Å². The zero-order valence-corrected chi connectivity index (χ0v) is 44.9. The van der Waals surface area contributed by atoms with E-state index < -0.39 is 23.6 Å². The van der Waals surface area contributed by atoms with Gasteiger partial charge in [-0.1, -0.05) is 95.0 Å². The van der Waals surface area contributed by atoms with E-state index in [-0.39, 0.29) is 60.6 Å². The maximum Gasteiger partial charge on any atom is 0.246 e. The van der Waals surface area contributed by atoms with E-state index in [4.69, 9.17) is 15.2 Å². The number of nitrogens with two attached hydrogens (primary N) is 1. The Morgan fingerprint density at radius 1 is 0.853 bits per heavy atom. The number of hydrogen-bond donors (Lipinski definition) is 5. The van der Waals surface area contributed by atoms with Crippen molar-refractivity contribution < 1.29 is 38.9 Å². The van der Waals surface area contributed by atoms with Crippen LogP contribution in [0.4, 0.5) is 5.82 Å². The van der Waals surface area contributed by atoms with Crippen LogP contribution >= 0.6 is 11.3 Å². The van der Waals surface area contributed by atoms with Crippen molar-refractivity contribution in [3.8, 4) is 38.9 Å². The van der Waals surface area contributed by atoms with Gasteiger partial charge in [-0.2, -0.15) is 0 Å². The van der Waals surface area contributed by atoms with Crippen LogP contribution < -0.4 is 25.8 Å². The lowest BCUT2D eigenvalue weighted by Gasteiger charge is -2.35. The predicted molar refractivity (Wildman–Crippen MR) is 291 cm³/mol. The number of para-hydroxylation sites is 1. The summed E-state index contributed by atoms with van der Waals surface area (Å²) in [5, 5.41) is 35.0. The quantitative estimate of drug-likeness (QED) is 0.0378. The molecule has 4 heterocycles. The van der Waals surface area contributed by atoms with E-state index in [9.17, 15) is 29.4 Å². The topological polar surface area (TPSA) is 226 Å². The zero-order valence-electron chi connectivity index (χ0n) is 44.1. The molecule has 0 radical (unpaired) electrons. The van der Waals surface area contributed by atoms with Gasteiger partial charge in [-0.3, -0.25) is 24.1 Å². The Balaban J connectivity index is 0.734. The van der Waals surface area contributed by atoms with Gasteiger partial charge in [0.2, 0.25) is 23.6 Å². The number of phenols is 1. The number of rotatable bonds is 24. The van der Waals surface area contributed by atoms with Crippen molar-refractivity contribution in [1.82, 2.24) is 40.5 Å². The van der Waals surface area contributed by atoms with E-state index in [0.717, 1.165) is 84.7 Å². The van der Waals surface area contributed by atoms with Gasteiger partial charge in [0.15, 0.2) is 11.6 Å². The van der Waals surface area contributed by atoms with Gasteiger partial charge in [-0.15, -0.1) is 21.5 Å². The van der Waals surface area contributed by atoms with E-state index in [2.05, 4.69) is 30.7 Å². The maximum atomic E-state index is 14.1. The molecule has 4 amide bonds. The average Bonchev–Trinajstić information content (AvgIpc) is 4.02. The van der Waals surface area contributed by atoms with Gasteiger partial charge < -0.3 is 45.9 Å². The van der Waals surface area contributed by atoms with E-state index in [1.54, 1.807) is 35.6 Å². The number of amides is 4. The number of aromatic hydroxyl groups is 1. The number of ether oxygens (including phenoxy) is 2. The zero-order chi connectivity index (χ0) is 53.5. The van der Waals surface area contributed by atoms with Crippen molar-refractivity contribution in [3.05, 3.63) is 101 Å². The first kappa shape index (κ1) is 56.1. The normalized spacial score (nSPS) is 16.8. The molecule has 7 rings (SSSR count). The number of nitrogen functional groups attached to an aromatic ring is 1. The summed E-state index contributed by atoms with van der Waals surface area (Å²) in [6.07, 6.45) is 5.92. The number of piperazine rings is 1. The molecular weight excluding hydrogens is 971 g/mol. The summed E-state index contributed by atoms with van der Waals surface area (Å²) in [6.45, 7) is 14.2. The largest absolute Gasteiger partial charge is 0.507 e. The number of anilines is 1. The molecule has 402 valence electrons. The standard InChI is InChI=1S/C57H75N9O8S/c1-38(41-21-23-42(24-22-41)52-39(2)59-37-75-52)60-55(71)47-34-43(67)36-66(47)56(72)53(57(3,4)5)61-50(69)19-10-8-6-7-9-11-20-51(70)65-28-26-64(27-29-65)30-32-73-44-16-14-15-40(33-44)25-31-74-49-35-46(62-63-54(49)58)45-17-12-13-18-48(45)68/h12-18,21-24,33,35,37-38,43,47,53,67-68H,6-11,19-20,25-32,34,36H2,1-5H3,(H2,58,63)(H,60,71)(H,61,69)/t38-,43+,47-,53+/m0/s1. The third kappa shape index (κ3) is 15.9. The van der Waals surface area contributed by atoms with Crippen molar-refractivity contribution >= 4 is 40.8 Å². The molecule has 6 N–H and O–H groups in total. The lowest BCUT2D eigenvalue weighted by atomic mass is 9.85. The van der Waals surface area contributed by atoms with Crippen molar-refractivity contribution in [3.63, 3.8) is 0 Å². The molecule has 0 aliphatic carbocycles. The highest BCUT2D eigenvalue weighted by molar-refractivity contribution is 7.13. The number of carbonyl (C=O) groups excluding carboxylic acids is 4. The van der Waals surface area contributed by atoms with Gasteiger partial charge in [0.05, 0.1) is 34.8 Å². The van der Waals surface area contributed by atoms with Gasteiger partial charge in [0.1, 0.15) is 35.9 Å². The van der Waals surface area contributed by atoms with Crippen LogP contribution in [-0.4, -0.2) is 134 Å². The minimum Gasteiger partial charge on any atom is -0.507 e. The fourth-order valence-electron chi connectivity index (χ4n) is 9.58. The summed E-state index contributed by atoms with van der Waals surface area (Å²) in [5.74, 6) is 0.717. The monoisotopic (exact) mass is 1050 g/mol. The van der Waals surface area contributed by atoms with Gasteiger partial charge in [-0.25, -0.2) is 4.98 Å². The smallest absolute Gasteiger partial charge is 0.246 e. The molecule has 17 nitrogen and oxygen atoms in total. The minimum atomic E-state index is -0.873. The Bertz CT molecular complexity index is 2690. The van der Waals surface area contributed by atoms with Crippen molar-refractivity contribution in [2.24, 2.45) is 5.41 Å². The average molecular weight is 1050 g/mol. The van der Waals surface area contributed by atoms with Crippen LogP contribution in [0.3, 0.4) is 0 Å². The molecule has 2 fully saturated rings. The molecule has 2 saturated heterocycles. The number of β-amino-alcohol motifs (C(OH)–C–C–N with tert-alkyl or cyclic N) is 1. The fourth-order valence-corrected chi connectivity index (χ4v) is 10.4. The first-order valence-electron chi connectivity index (χ1n) is 26.4. The van der Waals surface area contributed by atoms with Gasteiger partial charge in [0.25, 0.3) is 0 Å². The number of aliphatic hydroxyl groups is 1. The first-order chi connectivity index (χ1) is 36.0. The molecule has 0 bridgehead atoms. The van der Waals surface area contributed by atoms with Crippen LogP contribution in [0.2, 0.25) is 0 Å². The predicted octanol–water partition coefficient (Wildman–Crippen LogP) is 7.50. The summed E-state index contributed by atoms with van der Waals surface area (Å²) in [4.78, 5) is 65.3. The van der Waals surface area contributed by atoms with Gasteiger partial charge in [0, 0.05) is 76.6 Å². The number of likely N-dealkylation sites (tertiary alicyclic amines) is 1. The summed E-state index contributed by atoms with van der Waals surface area (Å²) in [6, 6.07) is 22.4. The van der Waals surface area contributed by atoms with Crippen LogP contribution in [0.15, 0.2) is 84.4 Å². The Labute approximate surface area is 445 Å². The highest BCUT2D eigenvalue weighted by Crippen LogP contribution is 2.32. The number of benzene rings is 3. The highest BCUT2D eigenvalue weighted by atomic mass is 32.1. The molecule has 2 aliphatic rings. The van der Waals surface area contributed by atoms with Gasteiger partial charge in [-0.05, 0) is 73.1 Å². The number of phenolic OH excluding ortho intramolecular Hbond substituents is 1. The number of aromatic nitrogens is 3. The van der Waals surface area contributed by atoms with Crippen molar-refractivity contribution in [2.45, 2.75) is 123 Å². The number of nitrogens with zero attached hydrogens (tertiary/aromatic N) is 6. The maximum absolute atomic E-state index is 14.1. The second-order valence-corrected chi connectivity index (χ2v) is 21.7. The highest BCUT2D eigenvalue weighted by Gasteiger charge is 2.44. The SMILES string of the molecule is Cc1ncsc1-c1ccc([C@H](C)NC(=O)[C@@H]2C[C@@H](O)CN2C(=O)[C@@H](NC(=O)CCCCCCCCC(=O)N2CCN(CCOc3cccc(CCOc4cc(-c5ccccc5O)nnc4N)c3)CC2)C(C)(C)C)cc1. The van der Waals surface area contributed by atoms with Crippen molar-refractivity contribution in [2.75, 3.05) is 58.2 Å². The second kappa shape index (κ2) is 26.7. The van der Waals surface area contributed by atoms with Crippen LogP contribution in [0.25, 0.3) is 21.7 Å². The number of unbranched alkanes of at least 4 members (excludes halogenated alkanes) is 5. The Morgan fingerprint density at radius 3 is 2.28 bits per heavy atom. The molecule has 4 atom stereocenters. The molecule has 2 aromatic heterocycles. The summed E-state index contributed by atoms with van der Waals surface area (Å²) in [5.41, 5.74) is 12.2. The van der Waals surface area contributed by atoms with E-state index in [1.165, 1.54) is 4.90 Å². The molecule has 0 saturated carbocycles. The van der Waals surface area contributed by atoms with Gasteiger partial charge >= 0.3 is 0 Å². The number of hydrogen-bond acceptors (Lipinski definition) is 14. The number of carbonyl (C=O) groups is 4. The molecule has 3 aromatic carbocycles. The summed E-state index contributed by atoms with van der Waals surface area (Å²) < 4.78 is 12.1. The molecule has 2 aliphatic heterocycles. The minimum absolute atomic E-state index is 0.0173. The summed E-state index contributed by atoms with van der Waals surface area (Å²) >= 11 is 1.58. The second-order valence-electron chi connectivity index (χ2n) is 20.8. The third-order valence-corrected chi connectivity index (χ3v) is 15.0. The summed E-state index contributed by atoms with van der Waals surface area (Å²) in [7, 11) is 0. The molecule has 0 spiro atoms. The number of thiazole rings is 1. The molecule has 0 unspecified atom stereocenters. The lowest BCUT2D eigenvalue weighted by Crippen LogP contribution is -2.57. The molecule has 75 heavy (non-hydrogen) atoms. The van der Waals surface area contributed by atoms with E-state index in [1.807, 2.05) is 99.6 Å². The number of aliphatic hydroxyl groups excluding tert-OH is 1. The molecule has 18 heteroatoms. The van der Waals surface area contributed by atoms with E-state index >= 15 is 0 Å². The Kier molecular flexibility index (Phi) is 20.0. The van der Waals surface area contributed by atoms with E-state index in [0.29, 0.717) is 62.6 Å². The lowest BCUT2D eigenvalue weighted by molar-refractivity contribution is -0.144. The number of nitrogens with one attached hydrogen (secondary N) is 2. The fraction of sp³-hybridized carbons (Fsp3) is 0.491. The third-order valence-electron chi connectivity index (χ3n) is 14.0.